The van der Waals surface area contributed by atoms with Crippen LogP contribution >= 0.6 is 15.9 Å². The molecular formula is C13H7BrFNO5. The van der Waals surface area contributed by atoms with Crippen LogP contribution in [0.3, 0.4) is 0 Å². The Bertz CT molecular complexity index is 734. The minimum atomic E-state index is -1.16. The van der Waals surface area contributed by atoms with Crippen molar-refractivity contribution in [2.45, 2.75) is 0 Å². The van der Waals surface area contributed by atoms with Crippen molar-refractivity contribution in [2.24, 2.45) is 0 Å². The largest absolute Gasteiger partial charge is 0.478 e. The quantitative estimate of drug-likeness (QED) is 0.661. The van der Waals surface area contributed by atoms with Crippen molar-refractivity contribution >= 4 is 27.6 Å². The molecule has 21 heavy (non-hydrogen) atoms. The van der Waals surface area contributed by atoms with Crippen LogP contribution in [0.25, 0.3) is 0 Å². The van der Waals surface area contributed by atoms with Crippen LogP contribution in [0.15, 0.2) is 40.9 Å². The van der Waals surface area contributed by atoms with E-state index in [2.05, 4.69) is 15.9 Å². The van der Waals surface area contributed by atoms with E-state index in [-0.39, 0.29) is 17.1 Å². The van der Waals surface area contributed by atoms with Crippen LogP contribution < -0.4 is 4.74 Å². The molecule has 2 aromatic carbocycles. The minimum absolute atomic E-state index is 0.0319. The lowest BCUT2D eigenvalue weighted by molar-refractivity contribution is -0.385. The summed E-state index contributed by atoms with van der Waals surface area (Å²) in [7, 11) is 0. The van der Waals surface area contributed by atoms with Gasteiger partial charge in [0.1, 0.15) is 5.75 Å². The lowest BCUT2D eigenvalue weighted by Crippen LogP contribution is -1.98. The van der Waals surface area contributed by atoms with Gasteiger partial charge in [-0.25, -0.2) is 9.18 Å². The lowest BCUT2D eigenvalue weighted by atomic mass is 10.2. The van der Waals surface area contributed by atoms with E-state index in [9.17, 15) is 19.3 Å². The van der Waals surface area contributed by atoms with Crippen molar-refractivity contribution < 1.29 is 24.0 Å². The van der Waals surface area contributed by atoms with E-state index >= 15 is 0 Å². The number of hydrogen-bond donors (Lipinski definition) is 1. The third kappa shape index (κ3) is 3.34. The molecule has 0 aromatic heterocycles. The van der Waals surface area contributed by atoms with Crippen LogP contribution in [0, 0.1) is 15.9 Å². The molecule has 0 heterocycles. The second-order valence-corrected chi connectivity index (χ2v) is 4.78. The number of carboxylic acids is 1. The van der Waals surface area contributed by atoms with Crippen LogP contribution in [-0.2, 0) is 0 Å². The number of benzene rings is 2. The summed E-state index contributed by atoms with van der Waals surface area (Å²) < 4.78 is 19.4. The molecule has 2 rings (SSSR count). The molecule has 0 radical (unpaired) electrons. The summed E-state index contributed by atoms with van der Waals surface area (Å²) in [5.74, 6) is -2.24. The van der Waals surface area contributed by atoms with E-state index < -0.39 is 22.4 Å². The van der Waals surface area contributed by atoms with Gasteiger partial charge in [0.15, 0.2) is 11.6 Å². The summed E-state index contributed by atoms with van der Waals surface area (Å²) in [6, 6.07) is 6.94. The Morgan fingerprint density at radius 3 is 2.52 bits per heavy atom. The smallest absolute Gasteiger partial charge is 0.335 e. The number of carboxylic acid groups (broad SMARTS) is 1. The number of hydrogen-bond acceptors (Lipinski definition) is 4. The number of nitro groups is 1. The first-order valence-corrected chi connectivity index (χ1v) is 6.32. The van der Waals surface area contributed by atoms with Crippen molar-refractivity contribution in [2.75, 3.05) is 0 Å². The van der Waals surface area contributed by atoms with E-state index in [0.717, 1.165) is 18.2 Å². The van der Waals surface area contributed by atoms with Crippen molar-refractivity contribution in [3.05, 3.63) is 62.4 Å². The zero-order valence-electron chi connectivity index (χ0n) is 10.2. The van der Waals surface area contributed by atoms with Crippen LogP contribution in [0.2, 0.25) is 0 Å². The molecular weight excluding hydrogens is 349 g/mol. The zero-order chi connectivity index (χ0) is 15.6. The molecule has 0 amide bonds. The van der Waals surface area contributed by atoms with Crippen molar-refractivity contribution in [1.29, 1.82) is 0 Å². The first-order valence-electron chi connectivity index (χ1n) is 5.53. The standard InChI is InChI=1S/C13H7BrFNO5/c14-9-3-1-7(13(17)18)5-12(9)21-11-4-2-8(16(19)20)6-10(11)15/h1-6H,(H,17,18). The first kappa shape index (κ1) is 14.9. The van der Waals surface area contributed by atoms with Crippen molar-refractivity contribution in [3.8, 4) is 11.5 Å². The summed E-state index contributed by atoms with van der Waals surface area (Å²) in [5, 5.41) is 19.4. The van der Waals surface area contributed by atoms with Crippen LogP contribution in [0.1, 0.15) is 10.4 Å². The predicted molar refractivity (Wildman–Crippen MR) is 74.2 cm³/mol. The fourth-order valence-corrected chi connectivity index (χ4v) is 1.85. The molecule has 0 saturated carbocycles. The normalized spacial score (nSPS) is 10.2. The van der Waals surface area contributed by atoms with Gasteiger partial charge in [0, 0.05) is 6.07 Å². The van der Waals surface area contributed by atoms with Crippen molar-refractivity contribution in [3.63, 3.8) is 0 Å². The summed E-state index contributed by atoms with van der Waals surface area (Å²) in [5.41, 5.74) is -0.436. The van der Waals surface area contributed by atoms with E-state index in [4.69, 9.17) is 9.84 Å². The summed E-state index contributed by atoms with van der Waals surface area (Å²) in [4.78, 5) is 20.7. The maximum atomic E-state index is 13.7. The Hall–Kier alpha value is -2.48. The summed E-state index contributed by atoms with van der Waals surface area (Å²) in [6.07, 6.45) is 0. The van der Waals surface area contributed by atoms with E-state index in [1.807, 2.05) is 0 Å². The minimum Gasteiger partial charge on any atom is -0.478 e. The van der Waals surface area contributed by atoms with E-state index in [1.165, 1.54) is 18.2 Å². The Labute approximate surface area is 126 Å². The van der Waals surface area contributed by atoms with Gasteiger partial charge in [-0.05, 0) is 40.2 Å². The second-order valence-electron chi connectivity index (χ2n) is 3.92. The Morgan fingerprint density at radius 1 is 1.24 bits per heavy atom. The molecule has 0 aliphatic heterocycles. The molecule has 2 aromatic rings. The third-order valence-corrected chi connectivity index (χ3v) is 3.18. The highest BCUT2D eigenvalue weighted by molar-refractivity contribution is 9.10. The Kier molecular flexibility index (Phi) is 4.18. The third-order valence-electron chi connectivity index (χ3n) is 2.52. The number of halogens is 2. The zero-order valence-corrected chi connectivity index (χ0v) is 11.8. The second kappa shape index (κ2) is 5.88. The number of carbonyl (C=O) groups is 1. The molecule has 0 spiro atoms. The van der Waals surface area contributed by atoms with Crippen LogP contribution in [0.4, 0.5) is 10.1 Å². The Balaban J connectivity index is 2.36. The molecule has 0 fully saturated rings. The monoisotopic (exact) mass is 355 g/mol. The molecule has 0 saturated heterocycles. The molecule has 1 N–H and O–H groups in total. The lowest BCUT2D eigenvalue weighted by Gasteiger charge is -2.09. The molecule has 0 aliphatic carbocycles. The van der Waals surface area contributed by atoms with E-state index in [1.54, 1.807) is 0 Å². The van der Waals surface area contributed by atoms with Crippen molar-refractivity contribution in [1.82, 2.24) is 0 Å². The number of nitro benzene ring substituents is 1. The fraction of sp³-hybridized carbons (Fsp3) is 0. The topological polar surface area (TPSA) is 89.7 Å². The first-order chi connectivity index (χ1) is 9.88. The van der Waals surface area contributed by atoms with Gasteiger partial charge in [0.2, 0.25) is 0 Å². The number of rotatable bonds is 4. The number of non-ortho nitro benzene ring substituents is 1. The van der Waals surface area contributed by atoms with Gasteiger partial charge in [0.25, 0.3) is 5.69 Å². The highest BCUT2D eigenvalue weighted by Gasteiger charge is 2.14. The maximum Gasteiger partial charge on any atom is 0.335 e. The molecule has 0 atom stereocenters. The number of aromatic carboxylic acids is 1. The average molecular weight is 356 g/mol. The number of ether oxygens (including phenoxy) is 1. The SMILES string of the molecule is O=C(O)c1ccc(Br)c(Oc2ccc([N+](=O)[O-])cc2F)c1. The van der Waals surface area contributed by atoms with E-state index in [0.29, 0.717) is 4.47 Å². The van der Waals surface area contributed by atoms with Crippen LogP contribution in [0.5, 0.6) is 11.5 Å². The van der Waals surface area contributed by atoms with Gasteiger partial charge in [-0.3, -0.25) is 10.1 Å². The van der Waals surface area contributed by atoms with Crippen LogP contribution in [-0.4, -0.2) is 16.0 Å². The van der Waals surface area contributed by atoms with Gasteiger partial charge >= 0.3 is 5.97 Å². The Morgan fingerprint density at radius 2 is 1.95 bits per heavy atom. The highest BCUT2D eigenvalue weighted by atomic mass is 79.9. The molecule has 8 heteroatoms. The molecule has 6 nitrogen and oxygen atoms in total. The highest BCUT2D eigenvalue weighted by Crippen LogP contribution is 2.33. The van der Waals surface area contributed by atoms with Gasteiger partial charge in [-0.15, -0.1) is 0 Å². The number of nitrogens with zero attached hydrogens (tertiary/aromatic N) is 1. The van der Waals surface area contributed by atoms with Gasteiger partial charge in [0.05, 0.1) is 21.0 Å². The summed E-state index contributed by atoms with van der Waals surface area (Å²) >= 11 is 3.15. The molecule has 0 bridgehead atoms. The average Bonchev–Trinajstić information content (AvgIpc) is 2.42. The van der Waals surface area contributed by atoms with Gasteiger partial charge < -0.3 is 9.84 Å². The molecule has 0 unspecified atom stereocenters. The summed E-state index contributed by atoms with van der Waals surface area (Å²) in [6.45, 7) is 0. The fourth-order valence-electron chi connectivity index (χ4n) is 1.52. The predicted octanol–water partition coefficient (Wildman–Crippen LogP) is 3.99. The maximum absolute atomic E-state index is 13.7. The van der Waals surface area contributed by atoms with Gasteiger partial charge in [-0.2, -0.15) is 0 Å². The molecule has 0 aliphatic rings. The molecule has 108 valence electrons. The van der Waals surface area contributed by atoms with Gasteiger partial charge in [-0.1, -0.05) is 0 Å².